The number of hydrogen-bond donors (Lipinski definition) is 3. The topological polar surface area (TPSA) is 115 Å². The number of ether oxygens (including phenoxy) is 1. The van der Waals surface area contributed by atoms with Crippen LogP contribution in [-0.2, 0) is 4.74 Å². The van der Waals surface area contributed by atoms with Crippen molar-refractivity contribution < 1.29 is 4.74 Å². The molecule has 0 aromatic heterocycles. The van der Waals surface area contributed by atoms with E-state index in [1.54, 1.807) is 7.11 Å². The molecule has 0 aromatic carbocycles. The van der Waals surface area contributed by atoms with Crippen molar-refractivity contribution in [3.05, 3.63) is 0 Å². The molecule has 1 aliphatic heterocycles. The van der Waals surface area contributed by atoms with Gasteiger partial charge in [-0.15, -0.1) is 0 Å². The third-order valence-electron chi connectivity index (χ3n) is 1.62. The summed E-state index contributed by atoms with van der Waals surface area (Å²) in [5, 5.41) is 1.27. The largest absolute Gasteiger partial charge is 0.384 e. The van der Waals surface area contributed by atoms with Crippen LogP contribution in [0.1, 0.15) is 6.42 Å². The van der Waals surface area contributed by atoms with Crippen LogP contribution < -0.4 is 17.3 Å². The quantitative estimate of drug-likeness (QED) is 0.448. The molecule has 1 heterocycles. The number of guanidine groups is 1. The summed E-state index contributed by atoms with van der Waals surface area (Å²) in [5.74, 6) is 6.32. The minimum Gasteiger partial charge on any atom is -0.384 e. The van der Waals surface area contributed by atoms with Crippen molar-refractivity contribution in [2.24, 2.45) is 27.3 Å². The van der Waals surface area contributed by atoms with E-state index in [4.69, 9.17) is 22.0 Å². The van der Waals surface area contributed by atoms with Crippen molar-refractivity contribution in [2.45, 2.75) is 12.7 Å². The maximum atomic E-state index is 5.58. The van der Waals surface area contributed by atoms with E-state index in [0.717, 1.165) is 0 Å². The highest BCUT2D eigenvalue weighted by molar-refractivity contribution is 5.96. The highest BCUT2D eigenvalue weighted by Gasteiger charge is 2.18. The second kappa shape index (κ2) is 4.17. The van der Waals surface area contributed by atoms with Gasteiger partial charge in [-0.3, -0.25) is 10.7 Å². The Morgan fingerprint density at radius 2 is 2.31 bits per heavy atom. The first-order chi connectivity index (χ1) is 6.15. The maximum Gasteiger partial charge on any atom is 0.220 e. The molecule has 0 aromatic rings. The van der Waals surface area contributed by atoms with Crippen LogP contribution in [0.3, 0.4) is 0 Å². The van der Waals surface area contributed by atoms with Crippen molar-refractivity contribution >= 4 is 11.8 Å². The summed E-state index contributed by atoms with van der Waals surface area (Å²) in [6.07, 6.45) is -0.0824. The molecule has 0 spiro atoms. The second-order valence-electron chi connectivity index (χ2n) is 2.58. The van der Waals surface area contributed by atoms with E-state index < -0.39 is 6.29 Å². The molecule has 0 saturated heterocycles. The Balaban J connectivity index is 2.65. The molecule has 7 nitrogen and oxygen atoms in total. The molecule has 1 rings (SSSR count). The van der Waals surface area contributed by atoms with Crippen molar-refractivity contribution in [3.63, 3.8) is 0 Å². The second-order valence-corrected chi connectivity index (χ2v) is 2.58. The fourth-order valence-electron chi connectivity index (χ4n) is 0.948. The summed E-state index contributed by atoms with van der Waals surface area (Å²) in [6, 6.07) is 0. The SMILES string of the molecule is COCCC1=NC(N)=NC(N)N1N. The average molecular weight is 186 g/mol. The first kappa shape index (κ1) is 9.90. The summed E-state index contributed by atoms with van der Waals surface area (Å²) < 4.78 is 4.88. The van der Waals surface area contributed by atoms with Gasteiger partial charge in [0.1, 0.15) is 5.84 Å². The first-order valence-corrected chi connectivity index (χ1v) is 3.84. The molecule has 0 bridgehead atoms. The summed E-state index contributed by atoms with van der Waals surface area (Å²) >= 11 is 0. The molecule has 74 valence electrons. The zero-order valence-corrected chi connectivity index (χ0v) is 7.47. The van der Waals surface area contributed by atoms with Crippen molar-refractivity contribution in [3.8, 4) is 0 Å². The predicted octanol–water partition coefficient (Wildman–Crippen LogP) is -1.83. The van der Waals surface area contributed by atoms with Gasteiger partial charge in [0.25, 0.3) is 0 Å². The van der Waals surface area contributed by atoms with Gasteiger partial charge in [0.05, 0.1) is 6.61 Å². The normalized spacial score (nSPS) is 22.7. The van der Waals surface area contributed by atoms with Crippen LogP contribution in [0, 0.1) is 0 Å². The maximum absolute atomic E-state index is 5.58. The van der Waals surface area contributed by atoms with Gasteiger partial charge in [0.2, 0.25) is 5.96 Å². The Morgan fingerprint density at radius 1 is 1.62 bits per heavy atom. The standard InChI is InChI=1S/C6H14N6O/c1-13-3-2-4-10-5(7)11-6(8)12(4)9/h6H,2-3,8-9H2,1H3,(H2,7,11). The van der Waals surface area contributed by atoms with E-state index in [0.29, 0.717) is 18.9 Å². The van der Waals surface area contributed by atoms with Gasteiger partial charge in [0, 0.05) is 13.5 Å². The van der Waals surface area contributed by atoms with E-state index in [2.05, 4.69) is 9.98 Å². The van der Waals surface area contributed by atoms with Gasteiger partial charge in [0.15, 0.2) is 6.29 Å². The summed E-state index contributed by atoms with van der Waals surface area (Å²) in [7, 11) is 1.60. The van der Waals surface area contributed by atoms with Crippen LogP contribution in [-0.4, -0.2) is 36.8 Å². The molecule has 0 aliphatic carbocycles. The molecule has 6 N–H and O–H groups in total. The Hall–Kier alpha value is -1.18. The van der Waals surface area contributed by atoms with Gasteiger partial charge in [-0.1, -0.05) is 0 Å². The first-order valence-electron chi connectivity index (χ1n) is 3.84. The van der Waals surface area contributed by atoms with Crippen LogP contribution in [0.25, 0.3) is 0 Å². The van der Waals surface area contributed by atoms with E-state index in [1.807, 2.05) is 0 Å². The lowest BCUT2D eigenvalue weighted by Crippen LogP contribution is -2.53. The van der Waals surface area contributed by atoms with Crippen LogP contribution in [0.2, 0.25) is 0 Å². The highest BCUT2D eigenvalue weighted by atomic mass is 16.5. The fraction of sp³-hybridized carbons (Fsp3) is 0.667. The van der Waals surface area contributed by atoms with Crippen LogP contribution in [0.15, 0.2) is 9.98 Å². The molecule has 0 fully saturated rings. The Bertz CT molecular complexity index is 237. The number of hydrazine groups is 1. The van der Waals surface area contributed by atoms with Gasteiger partial charge < -0.3 is 10.5 Å². The van der Waals surface area contributed by atoms with E-state index in [9.17, 15) is 0 Å². The number of rotatable bonds is 3. The minimum absolute atomic E-state index is 0.153. The molecule has 1 unspecified atom stereocenters. The molecule has 0 amide bonds. The van der Waals surface area contributed by atoms with Crippen LogP contribution >= 0.6 is 0 Å². The van der Waals surface area contributed by atoms with Crippen molar-refractivity contribution in [2.75, 3.05) is 13.7 Å². The van der Waals surface area contributed by atoms with E-state index in [1.165, 1.54) is 5.01 Å². The summed E-state index contributed by atoms with van der Waals surface area (Å²) in [5.41, 5.74) is 11.0. The van der Waals surface area contributed by atoms with Gasteiger partial charge in [-0.2, -0.15) is 4.99 Å². The van der Waals surface area contributed by atoms with Crippen LogP contribution in [0.4, 0.5) is 0 Å². The number of nitrogens with two attached hydrogens (primary N) is 3. The highest BCUT2D eigenvalue weighted by Crippen LogP contribution is 2.02. The number of amidine groups is 1. The molecular formula is C6H14N6O. The third-order valence-corrected chi connectivity index (χ3v) is 1.62. The molecular weight excluding hydrogens is 172 g/mol. The lowest BCUT2D eigenvalue weighted by Gasteiger charge is -2.27. The minimum atomic E-state index is -0.649. The van der Waals surface area contributed by atoms with E-state index >= 15 is 0 Å². The predicted molar refractivity (Wildman–Crippen MR) is 49.6 cm³/mol. The number of nitrogens with zero attached hydrogens (tertiary/aromatic N) is 3. The molecule has 0 radical (unpaired) electrons. The molecule has 1 aliphatic rings. The molecule has 0 saturated carbocycles. The molecule has 1 atom stereocenters. The van der Waals surface area contributed by atoms with Crippen molar-refractivity contribution in [1.82, 2.24) is 5.01 Å². The average Bonchev–Trinajstić information content (AvgIpc) is 2.09. The Labute approximate surface area is 76.2 Å². The summed E-state index contributed by atoms with van der Waals surface area (Å²) in [4.78, 5) is 7.70. The lowest BCUT2D eigenvalue weighted by atomic mass is 10.4. The van der Waals surface area contributed by atoms with Crippen molar-refractivity contribution in [1.29, 1.82) is 0 Å². The van der Waals surface area contributed by atoms with Gasteiger partial charge in [-0.25, -0.2) is 10.8 Å². The zero-order valence-electron chi connectivity index (χ0n) is 7.47. The Kier molecular flexibility index (Phi) is 3.18. The fourth-order valence-corrected chi connectivity index (χ4v) is 0.948. The smallest absolute Gasteiger partial charge is 0.220 e. The lowest BCUT2D eigenvalue weighted by molar-refractivity contribution is 0.201. The number of aliphatic imine (C=N–C) groups is 2. The number of hydrogen-bond acceptors (Lipinski definition) is 7. The number of methoxy groups -OCH3 is 1. The molecule has 7 heteroatoms. The van der Waals surface area contributed by atoms with Crippen LogP contribution in [0.5, 0.6) is 0 Å². The summed E-state index contributed by atoms with van der Waals surface area (Å²) in [6.45, 7) is 0.520. The Morgan fingerprint density at radius 3 is 2.92 bits per heavy atom. The third kappa shape index (κ3) is 2.38. The van der Waals surface area contributed by atoms with E-state index in [-0.39, 0.29) is 5.96 Å². The zero-order chi connectivity index (χ0) is 9.84. The van der Waals surface area contributed by atoms with Gasteiger partial charge >= 0.3 is 0 Å². The van der Waals surface area contributed by atoms with Gasteiger partial charge in [-0.05, 0) is 0 Å². The monoisotopic (exact) mass is 186 g/mol. The molecule has 13 heavy (non-hydrogen) atoms.